The molecule has 5 heteroatoms. The maximum Gasteiger partial charge on any atom is 0.161 e. The van der Waals surface area contributed by atoms with Crippen molar-refractivity contribution in [2.24, 2.45) is 5.73 Å². The molecule has 0 saturated heterocycles. The molecule has 0 bridgehead atoms. The maximum atomic E-state index is 6.04. The number of hydrogen-bond donors (Lipinski definition) is 1. The van der Waals surface area contributed by atoms with Crippen molar-refractivity contribution >= 4 is 0 Å². The van der Waals surface area contributed by atoms with Crippen LogP contribution in [-0.2, 0) is 6.42 Å². The van der Waals surface area contributed by atoms with E-state index < -0.39 is 0 Å². The summed E-state index contributed by atoms with van der Waals surface area (Å²) < 4.78 is 22.5. The molecule has 24 heavy (non-hydrogen) atoms. The second-order valence-corrected chi connectivity index (χ2v) is 6.02. The van der Waals surface area contributed by atoms with E-state index in [1.54, 1.807) is 0 Å². The van der Waals surface area contributed by atoms with Crippen LogP contribution in [0.25, 0.3) is 0 Å². The van der Waals surface area contributed by atoms with E-state index in [-0.39, 0.29) is 5.92 Å². The molecule has 0 aromatic heterocycles. The van der Waals surface area contributed by atoms with Crippen LogP contribution < -0.4 is 24.7 Å². The predicted octanol–water partition coefficient (Wildman–Crippen LogP) is 2.51. The number of rotatable bonds is 4. The van der Waals surface area contributed by atoms with Crippen molar-refractivity contribution in [3.05, 3.63) is 47.5 Å². The summed E-state index contributed by atoms with van der Waals surface area (Å²) in [6, 6.07) is 12.2. The Morgan fingerprint density at radius 2 is 1.33 bits per heavy atom. The molecule has 2 aromatic carbocycles. The molecule has 0 amide bonds. The molecule has 0 aliphatic carbocycles. The lowest BCUT2D eigenvalue weighted by Gasteiger charge is -2.22. The highest BCUT2D eigenvalue weighted by atomic mass is 16.6. The van der Waals surface area contributed by atoms with Gasteiger partial charge in [0.05, 0.1) is 0 Å². The Kier molecular flexibility index (Phi) is 4.17. The summed E-state index contributed by atoms with van der Waals surface area (Å²) in [6.45, 7) is 2.96. The summed E-state index contributed by atoms with van der Waals surface area (Å²) in [5, 5.41) is 0. The van der Waals surface area contributed by atoms with E-state index in [0.717, 1.165) is 35.0 Å². The van der Waals surface area contributed by atoms with Crippen LogP contribution in [0.5, 0.6) is 23.0 Å². The van der Waals surface area contributed by atoms with E-state index >= 15 is 0 Å². The number of nitrogens with two attached hydrogens (primary N) is 1. The van der Waals surface area contributed by atoms with Gasteiger partial charge in [-0.25, -0.2) is 0 Å². The Morgan fingerprint density at radius 3 is 2.00 bits per heavy atom. The first-order valence-corrected chi connectivity index (χ1v) is 8.31. The Morgan fingerprint density at radius 1 is 0.750 bits per heavy atom. The lowest BCUT2D eigenvalue weighted by Crippen LogP contribution is -2.18. The summed E-state index contributed by atoms with van der Waals surface area (Å²) in [6.07, 6.45) is 0.840. The van der Waals surface area contributed by atoms with Crippen molar-refractivity contribution in [2.45, 2.75) is 12.3 Å². The molecule has 2 N–H and O–H groups in total. The van der Waals surface area contributed by atoms with Crippen LogP contribution >= 0.6 is 0 Å². The summed E-state index contributed by atoms with van der Waals surface area (Å²) >= 11 is 0. The van der Waals surface area contributed by atoms with Crippen LogP contribution in [0.1, 0.15) is 17.0 Å². The Labute approximate surface area is 141 Å². The number of ether oxygens (including phenoxy) is 4. The number of hydrogen-bond acceptors (Lipinski definition) is 5. The van der Waals surface area contributed by atoms with E-state index in [1.165, 1.54) is 5.56 Å². The van der Waals surface area contributed by atoms with E-state index in [1.807, 2.05) is 18.2 Å². The minimum atomic E-state index is 0.211. The Hall–Kier alpha value is -2.40. The highest BCUT2D eigenvalue weighted by Gasteiger charge is 2.18. The van der Waals surface area contributed by atoms with Crippen molar-refractivity contribution in [1.82, 2.24) is 0 Å². The van der Waals surface area contributed by atoms with Crippen molar-refractivity contribution in [1.29, 1.82) is 0 Å². The molecule has 2 aliphatic heterocycles. The maximum absolute atomic E-state index is 6.04. The topological polar surface area (TPSA) is 62.9 Å². The molecule has 0 fully saturated rings. The van der Waals surface area contributed by atoms with Gasteiger partial charge in [0.2, 0.25) is 0 Å². The fraction of sp³-hybridized carbons (Fsp3) is 0.368. The minimum absolute atomic E-state index is 0.211. The smallest absolute Gasteiger partial charge is 0.161 e. The van der Waals surface area contributed by atoms with Gasteiger partial charge >= 0.3 is 0 Å². The first-order valence-electron chi connectivity index (χ1n) is 8.31. The predicted molar refractivity (Wildman–Crippen MR) is 90.4 cm³/mol. The highest BCUT2D eigenvalue weighted by Crippen LogP contribution is 2.35. The molecule has 2 heterocycles. The Balaban J connectivity index is 1.55. The van der Waals surface area contributed by atoms with E-state index in [2.05, 4.69) is 18.2 Å². The highest BCUT2D eigenvalue weighted by molar-refractivity contribution is 5.47. The molecule has 1 atom stereocenters. The molecule has 0 saturated carbocycles. The van der Waals surface area contributed by atoms with Crippen LogP contribution in [-0.4, -0.2) is 33.0 Å². The summed E-state index contributed by atoms with van der Waals surface area (Å²) in [5.41, 5.74) is 8.39. The molecule has 0 radical (unpaired) electrons. The summed E-state index contributed by atoms with van der Waals surface area (Å²) in [5.74, 6) is 3.45. The largest absolute Gasteiger partial charge is 0.486 e. The lowest BCUT2D eigenvalue weighted by atomic mass is 9.91. The van der Waals surface area contributed by atoms with Gasteiger partial charge < -0.3 is 24.7 Å². The molecule has 5 nitrogen and oxygen atoms in total. The molecule has 4 rings (SSSR count). The summed E-state index contributed by atoms with van der Waals surface area (Å²) in [7, 11) is 0. The third-order valence-corrected chi connectivity index (χ3v) is 4.41. The molecular weight excluding hydrogens is 306 g/mol. The van der Waals surface area contributed by atoms with Gasteiger partial charge in [0.15, 0.2) is 23.0 Å². The fourth-order valence-corrected chi connectivity index (χ4v) is 3.15. The zero-order valence-corrected chi connectivity index (χ0v) is 13.5. The zero-order valence-electron chi connectivity index (χ0n) is 13.5. The SMILES string of the molecule is NCC(Cc1ccc2c(c1)OCCO2)c1ccc2c(c1)OCCO2. The van der Waals surface area contributed by atoms with Crippen molar-refractivity contribution in [2.75, 3.05) is 33.0 Å². The standard InChI is InChI=1S/C19H21NO4/c20-12-15(14-2-4-17-19(11-14)24-8-6-22-17)9-13-1-3-16-18(10-13)23-7-5-21-16/h1-4,10-11,15H,5-9,12,20H2. The third kappa shape index (κ3) is 2.99. The third-order valence-electron chi connectivity index (χ3n) is 4.41. The number of fused-ring (bicyclic) bond motifs is 2. The van der Waals surface area contributed by atoms with Gasteiger partial charge in [-0.15, -0.1) is 0 Å². The van der Waals surface area contributed by atoms with Crippen molar-refractivity contribution in [3.63, 3.8) is 0 Å². The summed E-state index contributed by atoms with van der Waals surface area (Å²) in [4.78, 5) is 0. The van der Waals surface area contributed by atoms with Crippen LogP contribution in [0, 0.1) is 0 Å². The molecule has 2 aliphatic rings. The monoisotopic (exact) mass is 327 g/mol. The van der Waals surface area contributed by atoms with Crippen LogP contribution in [0.15, 0.2) is 36.4 Å². The van der Waals surface area contributed by atoms with E-state index in [9.17, 15) is 0 Å². The second kappa shape index (κ2) is 6.61. The minimum Gasteiger partial charge on any atom is -0.486 e. The second-order valence-electron chi connectivity index (χ2n) is 6.02. The Bertz CT molecular complexity index is 731. The van der Waals surface area contributed by atoms with Crippen molar-refractivity contribution < 1.29 is 18.9 Å². The normalized spacial score (nSPS) is 16.5. The van der Waals surface area contributed by atoms with Crippen LogP contribution in [0.4, 0.5) is 0 Å². The average Bonchev–Trinajstić information content (AvgIpc) is 2.65. The molecule has 126 valence electrons. The zero-order chi connectivity index (χ0) is 16.4. The first kappa shape index (κ1) is 15.1. The van der Waals surface area contributed by atoms with Crippen LogP contribution in [0.2, 0.25) is 0 Å². The van der Waals surface area contributed by atoms with E-state index in [0.29, 0.717) is 33.0 Å². The molecular formula is C19H21NO4. The van der Waals surface area contributed by atoms with Gasteiger partial charge in [-0.05, 0) is 48.4 Å². The molecule has 0 spiro atoms. The van der Waals surface area contributed by atoms with Gasteiger partial charge in [0.1, 0.15) is 26.4 Å². The van der Waals surface area contributed by atoms with Gasteiger partial charge in [-0.2, -0.15) is 0 Å². The van der Waals surface area contributed by atoms with Gasteiger partial charge in [-0.3, -0.25) is 0 Å². The fourth-order valence-electron chi connectivity index (χ4n) is 3.15. The van der Waals surface area contributed by atoms with Crippen molar-refractivity contribution in [3.8, 4) is 23.0 Å². The molecule has 2 aromatic rings. The average molecular weight is 327 g/mol. The van der Waals surface area contributed by atoms with Crippen LogP contribution in [0.3, 0.4) is 0 Å². The van der Waals surface area contributed by atoms with Gasteiger partial charge in [0.25, 0.3) is 0 Å². The van der Waals surface area contributed by atoms with Gasteiger partial charge in [0, 0.05) is 5.92 Å². The number of benzene rings is 2. The van der Waals surface area contributed by atoms with E-state index in [4.69, 9.17) is 24.7 Å². The first-order chi connectivity index (χ1) is 11.8. The molecule has 1 unspecified atom stereocenters. The lowest BCUT2D eigenvalue weighted by molar-refractivity contribution is 0.171. The van der Waals surface area contributed by atoms with Gasteiger partial charge in [-0.1, -0.05) is 12.1 Å². The quantitative estimate of drug-likeness (QED) is 0.935.